The smallest absolute Gasteiger partial charge is 0.273 e. The van der Waals surface area contributed by atoms with E-state index in [4.69, 9.17) is 4.52 Å². The highest BCUT2D eigenvalue weighted by Crippen LogP contribution is 2.20. The number of hydrogen-bond acceptors (Lipinski definition) is 5. The Kier molecular flexibility index (Phi) is 6.60. The minimum Gasteiger partial charge on any atom is -0.355 e. The molecule has 164 valence electrons. The molecule has 0 saturated heterocycles. The molecule has 0 bridgehead atoms. The van der Waals surface area contributed by atoms with Crippen LogP contribution in [0.2, 0.25) is 0 Å². The van der Waals surface area contributed by atoms with Gasteiger partial charge in [0, 0.05) is 24.1 Å². The third kappa shape index (κ3) is 5.81. The molecule has 0 radical (unpaired) electrons. The zero-order valence-electron chi connectivity index (χ0n) is 17.4. The van der Waals surface area contributed by atoms with Crippen LogP contribution >= 0.6 is 0 Å². The van der Waals surface area contributed by atoms with Gasteiger partial charge in [-0.1, -0.05) is 65.8 Å². The van der Waals surface area contributed by atoms with Gasteiger partial charge in [0.15, 0.2) is 11.5 Å². The van der Waals surface area contributed by atoms with Crippen molar-refractivity contribution >= 4 is 17.7 Å². The summed E-state index contributed by atoms with van der Waals surface area (Å²) in [5.41, 5.74) is 1.80. The van der Waals surface area contributed by atoms with Crippen molar-refractivity contribution in [3.8, 4) is 11.3 Å². The van der Waals surface area contributed by atoms with Crippen molar-refractivity contribution in [2.75, 3.05) is 6.54 Å². The van der Waals surface area contributed by atoms with E-state index in [2.05, 4.69) is 21.1 Å². The van der Waals surface area contributed by atoms with Crippen molar-refractivity contribution in [1.82, 2.24) is 21.1 Å². The Balaban J connectivity index is 1.33. The van der Waals surface area contributed by atoms with Crippen LogP contribution in [-0.2, 0) is 16.0 Å². The van der Waals surface area contributed by atoms with Crippen molar-refractivity contribution in [3.63, 3.8) is 0 Å². The quantitative estimate of drug-likeness (QED) is 0.479. The molecule has 2 aromatic carbocycles. The molecule has 8 heteroatoms. The SMILES string of the molecule is O=C(CNC(=O)c1cc(-c2ccccc2)on1)NC(Cc1ccccc1)C(=O)NC1CC1. The number of amides is 3. The maximum absolute atomic E-state index is 12.6. The number of benzene rings is 2. The van der Waals surface area contributed by atoms with E-state index in [1.54, 1.807) is 0 Å². The second-order valence-electron chi connectivity index (χ2n) is 7.72. The van der Waals surface area contributed by atoms with Crippen LogP contribution in [0.4, 0.5) is 0 Å². The summed E-state index contributed by atoms with van der Waals surface area (Å²) in [7, 11) is 0. The monoisotopic (exact) mass is 432 g/mol. The highest BCUT2D eigenvalue weighted by Gasteiger charge is 2.28. The van der Waals surface area contributed by atoms with Crippen molar-refractivity contribution < 1.29 is 18.9 Å². The summed E-state index contributed by atoms with van der Waals surface area (Å²) in [5, 5.41) is 11.9. The van der Waals surface area contributed by atoms with E-state index in [0.29, 0.717) is 12.2 Å². The predicted molar refractivity (Wildman–Crippen MR) is 118 cm³/mol. The summed E-state index contributed by atoms with van der Waals surface area (Å²) < 4.78 is 5.22. The second kappa shape index (κ2) is 9.91. The van der Waals surface area contributed by atoms with E-state index in [0.717, 1.165) is 24.0 Å². The fraction of sp³-hybridized carbons (Fsp3) is 0.250. The topological polar surface area (TPSA) is 113 Å². The molecule has 3 N–H and O–H groups in total. The Morgan fingerprint density at radius 3 is 2.38 bits per heavy atom. The van der Waals surface area contributed by atoms with E-state index in [1.165, 1.54) is 6.07 Å². The molecule has 1 aliphatic carbocycles. The van der Waals surface area contributed by atoms with Crippen LogP contribution in [0.15, 0.2) is 71.3 Å². The highest BCUT2D eigenvalue weighted by molar-refractivity contribution is 5.96. The van der Waals surface area contributed by atoms with Gasteiger partial charge in [-0.3, -0.25) is 14.4 Å². The van der Waals surface area contributed by atoms with Gasteiger partial charge in [-0.05, 0) is 18.4 Å². The molecule has 1 fully saturated rings. The number of rotatable bonds is 9. The van der Waals surface area contributed by atoms with Crippen molar-refractivity contribution in [1.29, 1.82) is 0 Å². The summed E-state index contributed by atoms with van der Waals surface area (Å²) in [4.78, 5) is 37.4. The zero-order valence-corrected chi connectivity index (χ0v) is 17.4. The highest BCUT2D eigenvalue weighted by atomic mass is 16.5. The van der Waals surface area contributed by atoms with Gasteiger partial charge in [-0.15, -0.1) is 0 Å². The molecule has 32 heavy (non-hydrogen) atoms. The third-order valence-electron chi connectivity index (χ3n) is 5.07. The number of hydrogen-bond donors (Lipinski definition) is 3. The Hall–Kier alpha value is -3.94. The van der Waals surface area contributed by atoms with E-state index in [1.807, 2.05) is 60.7 Å². The normalized spacial score (nSPS) is 13.8. The minimum absolute atomic E-state index is 0.0731. The maximum atomic E-state index is 12.6. The van der Waals surface area contributed by atoms with Crippen LogP contribution in [0.25, 0.3) is 11.3 Å². The van der Waals surface area contributed by atoms with Gasteiger partial charge in [0.2, 0.25) is 11.8 Å². The summed E-state index contributed by atoms with van der Waals surface area (Å²) in [6.07, 6.45) is 2.27. The Morgan fingerprint density at radius 1 is 1.00 bits per heavy atom. The molecule has 1 heterocycles. The lowest BCUT2D eigenvalue weighted by molar-refractivity contribution is -0.128. The van der Waals surface area contributed by atoms with Gasteiger partial charge in [-0.2, -0.15) is 0 Å². The molecule has 1 unspecified atom stereocenters. The molecular formula is C24H24N4O4. The molecule has 3 amide bonds. The minimum atomic E-state index is -0.723. The van der Waals surface area contributed by atoms with Crippen molar-refractivity contribution in [3.05, 3.63) is 78.0 Å². The van der Waals surface area contributed by atoms with Gasteiger partial charge in [0.1, 0.15) is 6.04 Å². The van der Waals surface area contributed by atoms with Crippen LogP contribution in [-0.4, -0.2) is 41.5 Å². The van der Waals surface area contributed by atoms with E-state index in [-0.39, 0.29) is 24.2 Å². The molecule has 1 aromatic heterocycles. The first kappa shape index (κ1) is 21.3. The van der Waals surface area contributed by atoms with Crippen LogP contribution in [0, 0.1) is 0 Å². The molecule has 1 atom stereocenters. The van der Waals surface area contributed by atoms with E-state index < -0.39 is 17.9 Å². The first-order chi connectivity index (χ1) is 15.6. The first-order valence-corrected chi connectivity index (χ1v) is 10.5. The number of nitrogens with one attached hydrogen (secondary N) is 3. The molecule has 1 saturated carbocycles. The number of carbonyl (C=O) groups is 3. The van der Waals surface area contributed by atoms with E-state index >= 15 is 0 Å². The standard InChI is InChI=1S/C24H24N4O4/c29-22(15-25-23(30)20-14-21(32-28-20)17-9-5-2-6-10-17)27-19(24(31)26-18-11-12-18)13-16-7-3-1-4-8-16/h1-10,14,18-19H,11-13,15H2,(H,25,30)(H,26,31)(H,27,29). The molecule has 8 nitrogen and oxygen atoms in total. The Labute approximate surface area is 185 Å². The average molecular weight is 432 g/mol. The molecule has 1 aliphatic rings. The third-order valence-corrected chi connectivity index (χ3v) is 5.07. The fourth-order valence-corrected chi connectivity index (χ4v) is 3.21. The van der Waals surface area contributed by atoms with Crippen LogP contribution in [0.1, 0.15) is 28.9 Å². The predicted octanol–water partition coefficient (Wildman–Crippen LogP) is 2.08. The Bertz CT molecular complexity index is 1080. The summed E-state index contributed by atoms with van der Waals surface area (Å²) in [6.45, 7) is -0.283. The van der Waals surface area contributed by atoms with Crippen LogP contribution in [0.5, 0.6) is 0 Å². The number of aromatic nitrogens is 1. The summed E-state index contributed by atoms with van der Waals surface area (Å²) in [6, 6.07) is 19.7. The van der Waals surface area contributed by atoms with Crippen molar-refractivity contribution in [2.45, 2.75) is 31.3 Å². The fourth-order valence-electron chi connectivity index (χ4n) is 3.21. The first-order valence-electron chi connectivity index (χ1n) is 10.5. The summed E-state index contributed by atoms with van der Waals surface area (Å²) in [5.74, 6) is -0.759. The lowest BCUT2D eigenvalue weighted by atomic mass is 10.1. The van der Waals surface area contributed by atoms with Gasteiger partial charge in [0.25, 0.3) is 5.91 Å². The molecular weight excluding hydrogens is 408 g/mol. The molecule has 0 aliphatic heterocycles. The molecule has 4 rings (SSSR count). The number of nitrogens with zero attached hydrogens (tertiary/aromatic N) is 1. The van der Waals surface area contributed by atoms with Gasteiger partial charge < -0.3 is 20.5 Å². The number of carbonyl (C=O) groups excluding carboxylic acids is 3. The molecule has 3 aromatic rings. The summed E-state index contributed by atoms with van der Waals surface area (Å²) >= 11 is 0. The molecule has 0 spiro atoms. The van der Waals surface area contributed by atoms with Crippen LogP contribution in [0.3, 0.4) is 0 Å². The largest absolute Gasteiger partial charge is 0.355 e. The zero-order chi connectivity index (χ0) is 22.3. The Morgan fingerprint density at radius 2 is 1.69 bits per heavy atom. The van der Waals surface area contributed by atoms with Crippen LogP contribution < -0.4 is 16.0 Å². The lowest BCUT2D eigenvalue weighted by Gasteiger charge is -2.18. The average Bonchev–Trinajstić information content (AvgIpc) is 3.49. The van der Waals surface area contributed by atoms with Crippen molar-refractivity contribution in [2.24, 2.45) is 0 Å². The lowest BCUT2D eigenvalue weighted by Crippen LogP contribution is -2.51. The van der Waals surface area contributed by atoms with Gasteiger partial charge in [-0.25, -0.2) is 0 Å². The second-order valence-corrected chi connectivity index (χ2v) is 7.72. The maximum Gasteiger partial charge on any atom is 0.273 e. The van der Waals surface area contributed by atoms with Gasteiger partial charge in [0.05, 0.1) is 6.54 Å². The van der Waals surface area contributed by atoms with Gasteiger partial charge >= 0.3 is 0 Å². The van der Waals surface area contributed by atoms with E-state index in [9.17, 15) is 14.4 Å².